The Balaban J connectivity index is 2.35. The number of carbonyl (C=O) groups excluding carboxylic acids is 1. The maximum absolute atomic E-state index is 13.3. The molecular formula is C13H12BrFO4. The van der Waals surface area contributed by atoms with Crippen LogP contribution in [0.15, 0.2) is 22.7 Å². The molecule has 2 rings (SSSR count). The molecule has 1 fully saturated rings. The van der Waals surface area contributed by atoms with Gasteiger partial charge in [0.25, 0.3) is 0 Å². The van der Waals surface area contributed by atoms with Gasteiger partial charge in [0.1, 0.15) is 5.82 Å². The van der Waals surface area contributed by atoms with E-state index in [9.17, 15) is 19.1 Å². The molecule has 1 saturated heterocycles. The van der Waals surface area contributed by atoms with Crippen LogP contribution in [0.3, 0.4) is 0 Å². The summed E-state index contributed by atoms with van der Waals surface area (Å²) in [5, 5.41) is 9.35. The van der Waals surface area contributed by atoms with Crippen molar-refractivity contribution < 1.29 is 23.8 Å². The Kier molecular flexibility index (Phi) is 4.01. The minimum Gasteiger partial charge on any atom is -0.480 e. The summed E-state index contributed by atoms with van der Waals surface area (Å²) in [5.41, 5.74) is -1.15. The molecule has 1 aliphatic heterocycles. The summed E-state index contributed by atoms with van der Waals surface area (Å²) in [6.07, 6.45) is 0.000310. The van der Waals surface area contributed by atoms with Crippen LogP contribution in [0.25, 0.3) is 0 Å². The first kappa shape index (κ1) is 14.1. The highest BCUT2D eigenvalue weighted by atomic mass is 79.9. The quantitative estimate of drug-likeness (QED) is 0.863. The van der Waals surface area contributed by atoms with Crippen LogP contribution in [0, 0.1) is 11.2 Å². The summed E-state index contributed by atoms with van der Waals surface area (Å²) in [7, 11) is 0. The van der Waals surface area contributed by atoms with E-state index in [1.807, 2.05) is 0 Å². The van der Waals surface area contributed by atoms with Crippen molar-refractivity contribution in [2.45, 2.75) is 12.8 Å². The molecule has 1 aromatic carbocycles. The van der Waals surface area contributed by atoms with E-state index in [1.54, 1.807) is 6.07 Å². The molecule has 102 valence electrons. The fourth-order valence-corrected chi connectivity index (χ4v) is 2.71. The van der Waals surface area contributed by atoms with Gasteiger partial charge in [-0.2, -0.15) is 0 Å². The van der Waals surface area contributed by atoms with Crippen LogP contribution in [0.1, 0.15) is 12.0 Å². The topological polar surface area (TPSA) is 63.6 Å². The van der Waals surface area contributed by atoms with Crippen molar-refractivity contribution in [1.29, 1.82) is 0 Å². The number of carbonyl (C=O) groups is 2. The highest BCUT2D eigenvalue weighted by Crippen LogP contribution is 2.31. The third kappa shape index (κ3) is 2.84. The Morgan fingerprint density at radius 2 is 2.21 bits per heavy atom. The molecule has 1 atom stereocenters. The van der Waals surface area contributed by atoms with E-state index in [0.29, 0.717) is 10.0 Å². The van der Waals surface area contributed by atoms with Crippen molar-refractivity contribution in [3.63, 3.8) is 0 Å². The first-order valence-corrected chi connectivity index (χ1v) is 6.53. The van der Waals surface area contributed by atoms with Gasteiger partial charge in [0, 0.05) is 10.9 Å². The van der Waals surface area contributed by atoms with Gasteiger partial charge in [-0.1, -0.05) is 15.9 Å². The number of carboxylic acids is 1. The van der Waals surface area contributed by atoms with Gasteiger partial charge in [-0.3, -0.25) is 9.59 Å². The predicted molar refractivity (Wildman–Crippen MR) is 68.3 cm³/mol. The molecule has 6 heteroatoms. The Bertz CT molecular complexity index is 511. The van der Waals surface area contributed by atoms with Crippen molar-refractivity contribution in [2.75, 3.05) is 13.2 Å². The lowest BCUT2D eigenvalue weighted by Crippen LogP contribution is -2.48. The Hall–Kier alpha value is -1.27. The summed E-state index contributed by atoms with van der Waals surface area (Å²) < 4.78 is 19.0. The summed E-state index contributed by atoms with van der Waals surface area (Å²) in [4.78, 5) is 23.4. The zero-order valence-corrected chi connectivity index (χ0v) is 11.6. The van der Waals surface area contributed by atoms with Gasteiger partial charge in [-0.05, 0) is 30.2 Å². The lowest BCUT2D eigenvalue weighted by Gasteiger charge is -2.31. The Morgan fingerprint density at radius 1 is 1.47 bits per heavy atom. The van der Waals surface area contributed by atoms with E-state index in [-0.39, 0.29) is 31.8 Å². The van der Waals surface area contributed by atoms with E-state index >= 15 is 0 Å². The maximum Gasteiger partial charge on any atom is 0.319 e. The monoisotopic (exact) mass is 330 g/mol. The smallest absolute Gasteiger partial charge is 0.319 e. The number of hydrogen-bond acceptors (Lipinski definition) is 3. The van der Waals surface area contributed by atoms with Gasteiger partial charge in [0.15, 0.2) is 11.2 Å². The summed E-state index contributed by atoms with van der Waals surface area (Å²) in [5.74, 6) is -2.07. The van der Waals surface area contributed by atoms with Gasteiger partial charge in [0.2, 0.25) is 0 Å². The van der Waals surface area contributed by atoms with Gasteiger partial charge < -0.3 is 9.84 Å². The lowest BCUT2D eigenvalue weighted by molar-refractivity contribution is -0.164. The van der Waals surface area contributed by atoms with E-state index in [1.165, 1.54) is 12.1 Å². The normalized spacial score (nSPS) is 23.4. The van der Waals surface area contributed by atoms with Crippen LogP contribution in [-0.4, -0.2) is 30.1 Å². The number of Topliss-reactive ketones (excluding diaryl/α,β-unsaturated/α-hetero) is 1. The average Bonchev–Trinajstić information content (AvgIpc) is 2.30. The van der Waals surface area contributed by atoms with Gasteiger partial charge in [-0.25, -0.2) is 4.39 Å². The predicted octanol–water partition coefficient (Wildman–Crippen LogP) is 2.19. The number of benzene rings is 1. The standard InChI is InChI=1S/C13H12BrFO4/c14-9-3-8(4-10(15)5-9)6-13(12(17)18)7-19-2-1-11(13)16/h3-5H,1-2,6-7H2,(H,17,18). The fraction of sp³-hybridized carbons (Fsp3) is 0.385. The summed E-state index contributed by atoms with van der Waals surface area (Å²) >= 11 is 3.14. The molecular weight excluding hydrogens is 319 g/mol. The molecule has 4 nitrogen and oxygen atoms in total. The third-order valence-electron chi connectivity index (χ3n) is 3.19. The van der Waals surface area contributed by atoms with E-state index in [2.05, 4.69) is 15.9 Å². The second kappa shape index (κ2) is 5.38. The fourth-order valence-electron chi connectivity index (χ4n) is 2.20. The minimum absolute atomic E-state index is 0.0719. The first-order valence-electron chi connectivity index (χ1n) is 5.73. The molecule has 1 aliphatic rings. The zero-order chi connectivity index (χ0) is 14.0. The van der Waals surface area contributed by atoms with Crippen LogP contribution in [0.5, 0.6) is 0 Å². The number of halogens is 2. The number of hydrogen-bond donors (Lipinski definition) is 1. The molecule has 0 amide bonds. The maximum atomic E-state index is 13.3. The number of aliphatic carboxylic acids is 1. The molecule has 0 radical (unpaired) electrons. The molecule has 0 aliphatic carbocycles. The molecule has 1 unspecified atom stereocenters. The van der Waals surface area contributed by atoms with E-state index in [4.69, 9.17) is 4.74 Å². The molecule has 0 saturated carbocycles. The van der Waals surface area contributed by atoms with Crippen LogP contribution in [0.4, 0.5) is 4.39 Å². The second-order valence-corrected chi connectivity index (χ2v) is 5.48. The van der Waals surface area contributed by atoms with Crippen molar-refractivity contribution >= 4 is 27.7 Å². The van der Waals surface area contributed by atoms with Crippen molar-refractivity contribution in [3.8, 4) is 0 Å². The first-order chi connectivity index (χ1) is 8.94. The number of ketones is 1. The van der Waals surface area contributed by atoms with Crippen LogP contribution in [-0.2, 0) is 20.7 Å². The molecule has 0 aromatic heterocycles. The van der Waals surface area contributed by atoms with Gasteiger partial charge >= 0.3 is 5.97 Å². The zero-order valence-electron chi connectivity index (χ0n) is 9.99. The Morgan fingerprint density at radius 3 is 2.79 bits per heavy atom. The minimum atomic E-state index is -1.61. The SMILES string of the molecule is O=C(O)C1(Cc2cc(F)cc(Br)c2)COCCC1=O. The molecule has 19 heavy (non-hydrogen) atoms. The molecule has 0 spiro atoms. The Labute approximate surface area is 117 Å². The molecule has 1 heterocycles. The molecule has 1 N–H and O–H groups in total. The molecule has 1 aromatic rings. The van der Waals surface area contributed by atoms with Crippen molar-refractivity contribution in [3.05, 3.63) is 34.1 Å². The highest BCUT2D eigenvalue weighted by molar-refractivity contribution is 9.10. The van der Waals surface area contributed by atoms with Crippen LogP contribution < -0.4 is 0 Å². The van der Waals surface area contributed by atoms with Crippen molar-refractivity contribution in [2.24, 2.45) is 5.41 Å². The second-order valence-electron chi connectivity index (χ2n) is 4.57. The van der Waals surface area contributed by atoms with Gasteiger partial charge in [0.05, 0.1) is 13.2 Å². The number of carboxylic acid groups (broad SMARTS) is 1. The largest absolute Gasteiger partial charge is 0.480 e. The lowest BCUT2D eigenvalue weighted by atomic mass is 9.76. The summed E-state index contributed by atoms with van der Waals surface area (Å²) in [6.45, 7) is 0.0655. The number of rotatable bonds is 3. The van der Waals surface area contributed by atoms with Gasteiger partial charge in [-0.15, -0.1) is 0 Å². The highest BCUT2D eigenvalue weighted by Gasteiger charge is 2.48. The van der Waals surface area contributed by atoms with Crippen molar-refractivity contribution in [1.82, 2.24) is 0 Å². The molecule has 0 bridgehead atoms. The van der Waals surface area contributed by atoms with Crippen LogP contribution in [0.2, 0.25) is 0 Å². The average molecular weight is 331 g/mol. The van der Waals surface area contributed by atoms with E-state index in [0.717, 1.165) is 0 Å². The number of ether oxygens (including phenoxy) is 1. The summed E-state index contributed by atoms with van der Waals surface area (Å²) in [6, 6.07) is 4.11. The van der Waals surface area contributed by atoms with E-state index < -0.39 is 17.2 Å². The van der Waals surface area contributed by atoms with Crippen LogP contribution >= 0.6 is 15.9 Å². The third-order valence-corrected chi connectivity index (χ3v) is 3.65.